The Morgan fingerprint density at radius 2 is 1.87 bits per heavy atom. The van der Waals surface area contributed by atoms with Gasteiger partial charge in [-0.2, -0.15) is 0 Å². The van der Waals surface area contributed by atoms with E-state index in [0.29, 0.717) is 11.8 Å². The molecule has 122 valence electrons. The highest BCUT2D eigenvalue weighted by molar-refractivity contribution is 5.83. The van der Waals surface area contributed by atoms with Crippen molar-refractivity contribution in [2.75, 3.05) is 13.1 Å². The summed E-state index contributed by atoms with van der Waals surface area (Å²) < 4.78 is 0. The number of carbonyl (C=O) groups excluding carboxylic acids is 1. The van der Waals surface area contributed by atoms with Gasteiger partial charge in [0, 0.05) is 31.4 Å². The molecule has 1 saturated heterocycles. The third kappa shape index (κ3) is 2.31. The number of carbonyl (C=O) groups is 1. The number of pyridine rings is 1. The topological polar surface area (TPSA) is 33.2 Å². The minimum Gasteiger partial charge on any atom is -0.342 e. The van der Waals surface area contributed by atoms with Gasteiger partial charge in [0.25, 0.3) is 0 Å². The Bertz CT molecular complexity index is 577. The van der Waals surface area contributed by atoms with Crippen LogP contribution in [0.4, 0.5) is 0 Å². The van der Waals surface area contributed by atoms with Crippen LogP contribution in [0.1, 0.15) is 37.7 Å². The average Bonchev–Trinajstić information content (AvgIpc) is 3.02. The van der Waals surface area contributed by atoms with Crippen LogP contribution in [-0.2, 0) is 11.2 Å². The van der Waals surface area contributed by atoms with E-state index < -0.39 is 0 Å². The molecular weight excluding hydrogens is 284 g/mol. The lowest BCUT2D eigenvalue weighted by Gasteiger charge is -2.32. The SMILES string of the molecule is O=C(C1[C@@H]2[C@H]3CC[C@H](C3)[C@H]12)N1CCC(Cc2cccnc2)CC1. The summed E-state index contributed by atoms with van der Waals surface area (Å²) in [6.07, 6.45) is 11.5. The van der Waals surface area contributed by atoms with Crippen molar-refractivity contribution in [1.29, 1.82) is 0 Å². The quantitative estimate of drug-likeness (QED) is 0.859. The molecule has 2 bridgehead atoms. The summed E-state index contributed by atoms with van der Waals surface area (Å²) in [5.41, 5.74) is 1.34. The van der Waals surface area contributed by atoms with Gasteiger partial charge in [0.15, 0.2) is 0 Å². The molecule has 4 fully saturated rings. The zero-order chi connectivity index (χ0) is 15.4. The van der Waals surface area contributed by atoms with Crippen molar-refractivity contribution in [3.63, 3.8) is 0 Å². The van der Waals surface area contributed by atoms with Crippen LogP contribution in [0, 0.1) is 35.5 Å². The van der Waals surface area contributed by atoms with Gasteiger partial charge in [-0.15, -0.1) is 0 Å². The molecule has 3 heteroatoms. The summed E-state index contributed by atoms with van der Waals surface area (Å²) in [4.78, 5) is 19.3. The number of fused-ring (bicyclic) bond motifs is 5. The van der Waals surface area contributed by atoms with Crippen molar-refractivity contribution >= 4 is 5.91 Å². The second-order valence-corrected chi connectivity index (χ2v) is 8.35. The molecule has 1 aromatic rings. The normalized spacial score (nSPS) is 38.6. The van der Waals surface area contributed by atoms with Crippen molar-refractivity contribution in [3.8, 4) is 0 Å². The first-order valence-electron chi connectivity index (χ1n) is 9.49. The molecule has 0 radical (unpaired) electrons. The maximum absolute atomic E-state index is 12.9. The van der Waals surface area contributed by atoms with E-state index >= 15 is 0 Å². The van der Waals surface area contributed by atoms with E-state index in [-0.39, 0.29) is 0 Å². The summed E-state index contributed by atoms with van der Waals surface area (Å²) >= 11 is 0. The fraction of sp³-hybridized carbons (Fsp3) is 0.700. The Hall–Kier alpha value is -1.38. The van der Waals surface area contributed by atoms with Crippen LogP contribution < -0.4 is 0 Å². The second-order valence-electron chi connectivity index (χ2n) is 8.35. The van der Waals surface area contributed by atoms with Crippen molar-refractivity contribution in [3.05, 3.63) is 30.1 Å². The highest BCUT2D eigenvalue weighted by Crippen LogP contribution is 2.69. The van der Waals surface area contributed by atoms with Gasteiger partial charge in [0.2, 0.25) is 5.91 Å². The number of hydrogen-bond acceptors (Lipinski definition) is 2. The maximum atomic E-state index is 12.9. The number of likely N-dealkylation sites (tertiary alicyclic amines) is 1. The number of nitrogens with zero attached hydrogens (tertiary/aromatic N) is 2. The van der Waals surface area contributed by atoms with Gasteiger partial charge in [-0.25, -0.2) is 0 Å². The molecule has 0 aromatic carbocycles. The van der Waals surface area contributed by atoms with Gasteiger partial charge in [0.05, 0.1) is 0 Å². The molecule has 2 heterocycles. The number of piperidine rings is 1. The first-order chi connectivity index (χ1) is 11.3. The zero-order valence-corrected chi connectivity index (χ0v) is 13.7. The Morgan fingerprint density at radius 3 is 2.52 bits per heavy atom. The van der Waals surface area contributed by atoms with Crippen LogP contribution in [0.25, 0.3) is 0 Å². The minimum absolute atomic E-state index is 0.427. The van der Waals surface area contributed by atoms with Crippen LogP contribution in [-0.4, -0.2) is 28.9 Å². The lowest BCUT2D eigenvalue weighted by molar-refractivity contribution is -0.135. The van der Waals surface area contributed by atoms with Gasteiger partial charge >= 0.3 is 0 Å². The van der Waals surface area contributed by atoms with E-state index in [1.807, 2.05) is 18.5 Å². The van der Waals surface area contributed by atoms with E-state index in [4.69, 9.17) is 0 Å². The lowest BCUT2D eigenvalue weighted by atomic mass is 9.90. The van der Waals surface area contributed by atoms with E-state index in [9.17, 15) is 4.79 Å². The van der Waals surface area contributed by atoms with E-state index in [1.165, 1.54) is 24.8 Å². The number of amides is 1. The molecule has 1 unspecified atom stereocenters. The molecule has 0 spiro atoms. The molecule has 3 nitrogen and oxygen atoms in total. The van der Waals surface area contributed by atoms with Crippen LogP contribution >= 0.6 is 0 Å². The fourth-order valence-corrected chi connectivity index (χ4v) is 6.08. The highest BCUT2D eigenvalue weighted by Gasteiger charge is 2.67. The Labute approximate surface area is 138 Å². The van der Waals surface area contributed by atoms with Gasteiger partial charge in [-0.05, 0) is 79.7 Å². The third-order valence-corrected chi connectivity index (χ3v) is 7.19. The van der Waals surface area contributed by atoms with Gasteiger partial charge in [-0.3, -0.25) is 9.78 Å². The average molecular weight is 310 g/mol. The maximum Gasteiger partial charge on any atom is 0.226 e. The van der Waals surface area contributed by atoms with Crippen molar-refractivity contribution < 1.29 is 4.79 Å². The van der Waals surface area contributed by atoms with Gasteiger partial charge < -0.3 is 4.90 Å². The van der Waals surface area contributed by atoms with Gasteiger partial charge in [0.1, 0.15) is 0 Å². The molecule has 5 rings (SSSR count). The van der Waals surface area contributed by atoms with Crippen molar-refractivity contribution in [1.82, 2.24) is 9.88 Å². The molecule has 5 atom stereocenters. The molecule has 0 N–H and O–H groups in total. The standard InChI is InChI=1S/C20H26N2O/c23-20(19-17-15-3-4-16(11-15)18(17)19)22-8-5-13(6-9-22)10-14-2-1-7-21-12-14/h1-2,7,12-13,15-19H,3-6,8-11H2/t15-,16+,17+,18-,19?. The number of rotatable bonds is 3. The van der Waals surface area contributed by atoms with E-state index in [1.54, 1.807) is 0 Å². The lowest BCUT2D eigenvalue weighted by Crippen LogP contribution is -2.40. The largest absolute Gasteiger partial charge is 0.342 e. The van der Waals surface area contributed by atoms with Crippen molar-refractivity contribution in [2.24, 2.45) is 35.5 Å². The predicted octanol–water partition coefficient (Wildman–Crippen LogP) is 3.15. The first kappa shape index (κ1) is 14.0. The summed E-state index contributed by atoms with van der Waals surface area (Å²) in [6, 6.07) is 4.19. The molecule has 4 aliphatic rings. The molecule has 1 amide bonds. The van der Waals surface area contributed by atoms with E-state index in [2.05, 4.69) is 16.0 Å². The molecule has 23 heavy (non-hydrogen) atoms. The van der Waals surface area contributed by atoms with Crippen LogP contribution in [0.5, 0.6) is 0 Å². The highest BCUT2D eigenvalue weighted by atomic mass is 16.2. The Kier molecular flexibility index (Phi) is 3.24. The molecule has 3 aliphatic carbocycles. The number of hydrogen-bond donors (Lipinski definition) is 0. The number of aromatic nitrogens is 1. The molecule has 3 saturated carbocycles. The zero-order valence-electron chi connectivity index (χ0n) is 13.7. The predicted molar refractivity (Wildman–Crippen MR) is 88.5 cm³/mol. The molecular formula is C20H26N2O. The second kappa shape index (κ2) is 5.32. The third-order valence-electron chi connectivity index (χ3n) is 7.19. The summed E-state index contributed by atoms with van der Waals surface area (Å²) in [6.45, 7) is 1.96. The van der Waals surface area contributed by atoms with Crippen LogP contribution in [0.15, 0.2) is 24.5 Å². The minimum atomic E-state index is 0.427. The van der Waals surface area contributed by atoms with Crippen LogP contribution in [0.2, 0.25) is 0 Å². The van der Waals surface area contributed by atoms with E-state index in [0.717, 1.165) is 61.9 Å². The summed E-state index contributed by atoms with van der Waals surface area (Å²) in [5.74, 6) is 5.04. The smallest absolute Gasteiger partial charge is 0.226 e. The van der Waals surface area contributed by atoms with Crippen molar-refractivity contribution in [2.45, 2.75) is 38.5 Å². The summed E-state index contributed by atoms with van der Waals surface area (Å²) in [7, 11) is 0. The Balaban J connectivity index is 1.16. The van der Waals surface area contributed by atoms with Gasteiger partial charge in [-0.1, -0.05) is 6.07 Å². The first-order valence-corrected chi connectivity index (χ1v) is 9.49. The van der Waals surface area contributed by atoms with Crippen LogP contribution in [0.3, 0.4) is 0 Å². The Morgan fingerprint density at radius 1 is 1.13 bits per heavy atom. The molecule has 1 aliphatic heterocycles. The summed E-state index contributed by atoms with van der Waals surface area (Å²) in [5, 5.41) is 0. The fourth-order valence-electron chi connectivity index (χ4n) is 6.08. The monoisotopic (exact) mass is 310 g/mol. The molecule has 1 aromatic heterocycles.